The number of benzene rings is 1. The smallest absolute Gasteiger partial charge is 0.161 e. The molecule has 0 spiro atoms. The van der Waals surface area contributed by atoms with Crippen LogP contribution in [0.5, 0.6) is 5.75 Å². The normalized spacial score (nSPS) is 10.5. The molecule has 0 bridgehead atoms. The number of rotatable bonds is 3. The molecule has 1 aromatic carbocycles. The number of hydrogen-bond acceptors (Lipinski definition) is 4. The molecule has 0 amide bonds. The Kier molecular flexibility index (Phi) is 4.27. The van der Waals surface area contributed by atoms with E-state index in [1.165, 1.54) is 0 Å². The van der Waals surface area contributed by atoms with Crippen LogP contribution in [0.25, 0.3) is 11.4 Å². The van der Waals surface area contributed by atoms with Gasteiger partial charge in [0.15, 0.2) is 5.82 Å². The fraction of sp³-hybridized carbons (Fsp3) is 0.231. The first-order valence-electron chi connectivity index (χ1n) is 5.72. The Labute approximate surface area is 125 Å². The summed E-state index contributed by atoms with van der Waals surface area (Å²) >= 11 is 9.49. The summed E-state index contributed by atoms with van der Waals surface area (Å²) in [5, 5.41) is 0.517. The number of nitrogens with two attached hydrogens (primary N) is 1. The van der Waals surface area contributed by atoms with Crippen molar-refractivity contribution in [3.05, 3.63) is 33.4 Å². The van der Waals surface area contributed by atoms with E-state index in [2.05, 4.69) is 25.9 Å². The van der Waals surface area contributed by atoms with Crippen molar-refractivity contribution in [2.24, 2.45) is 0 Å². The largest absolute Gasteiger partial charge is 0.495 e. The number of nitrogen functional groups attached to an aromatic ring is 1. The molecule has 6 heteroatoms. The van der Waals surface area contributed by atoms with Crippen LogP contribution in [-0.4, -0.2) is 17.1 Å². The van der Waals surface area contributed by atoms with E-state index in [0.29, 0.717) is 22.4 Å². The molecular weight excluding hydrogens is 330 g/mol. The molecule has 0 radical (unpaired) electrons. The van der Waals surface area contributed by atoms with Crippen molar-refractivity contribution in [3.8, 4) is 17.1 Å². The highest BCUT2D eigenvalue weighted by molar-refractivity contribution is 9.10. The topological polar surface area (TPSA) is 61.0 Å². The van der Waals surface area contributed by atoms with E-state index in [-0.39, 0.29) is 0 Å². The quantitative estimate of drug-likeness (QED) is 0.923. The van der Waals surface area contributed by atoms with Gasteiger partial charge in [-0.05, 0) is 40.5 Å². The molecule has 1 heterocycles. The molecule has 0 saturated carbocycles. The second kappa shape index (κ2) is 5.75. The maximum absolute atomic E-state index is 6.10. The molecule has 2 N–H and O–H groups in total. The third kappa shape index (κ3) is 2.82. The van der Waals surface area contributed by atoms with Gasteiger partial charge >= 0.3 is 0 Å². The average molecular weight is 343 g/mol. The molecule has 0 saturated heterocycles. The minimum absolute atomic E-state index is 0.425. The molecule has 0 fully saturated rings. The molecule has 19 heavy (non-hydrogen) atoms. The van der Waals surface area contributed by atoms with E-state index in [1.54, 1.807) is 19.2 Å². The summed E-state index contributed by atoms with van der Waals surface area (Å²) in [6.45, 7) is 2.01. The van der Waals surface area contributed by atoms with Crippen LogP contribution in [0.3, 0.4) is 0 Å². The number of anilines is 1. The first-order valence-corrected chi connectivity index (χ1v) is 6.89. The monoisotopic (exact) mass is 341 g/mol. The highest BCUT2D eigenvalue weighted by Crippen LogP contribution is 2.30. The third-order valence-electron chi connectivity index (χ3n) is 2.69. The summed E-state index contributed by atoms with van der Waals surface area (Å²) in [6, 6.07) is 5.40. The Morgan fingerprint density at radius 2 is 2.11 bits per heavy atom. The first-order chi connectivity index (χ1) is 9.06. The SMILES string of the molecule is CCc1nc(-c2ccc(OC)c(Cl)c2)nc(N)c1Br. The van der Waals surface area contributed by atoms with Crippen molar-refractivity contribution in [2.45, 2.75) is 13.3 Å². The molecule has 0 aliphatic carbocycles. The van der Waals surface area contributed by atoms with Gasteiger partial charge in [-0.3, -0.25) is 0 Å². The van der Waals surface area contributed by atoms with Gasteiger partial charge in [0, 0.05) is 5.56 Å². The Bertz CT molecular complexity index is 619. The number of hydrogen-bond donors (Lipinski definition) is 1. The summed E-state index contributed by atoms with van der Waals surface area (Å²) in [7, 11) is 1.57. The molecule has 0 aliphatic heterocycles. The number of nitrogens with zero attached hydrogens (tertiary/aromatic N) is 2. The minimum Gasteiger partial charge on any atom is -0.495 e. The van der Waals surface area contributed by atoms with Gasteiger partial charge in [-0.15, -0.1) is 0 Å². The second-order valence-corrected chi connectivity index (χ2v) is 5.10. The van der Waals surface area contributed by atoms with Crippen LogP contribution >= 0.6 is 27.5 Å². The predicted molar refractivity (Wildman–Crippen MR) is 80.5 cm³/mol. The van der Waals surface area contributed by atoms with Crippen molar-refractivity contribution in [1.82, 2.24) is 9.97 Å². The molecule has 1 aromatic heterocycles. The zero-order chi connectivity index (χ0) is 14.0. The highest BCUT2D eigenvalue weighted by Gasteiger charge is 2.11. The third-order valence-corrected chi connectivity index (χ3v) is 3.85. The Balaban J connectivity index is 2.53. The van der Waals surface area contributed by atoms with Crippen LogP contribution in [0, 0.1) is 0 Å². The van der Waals surface area contributed by atoms with Crippen molar-refractivity contribution in [3.63, 3.8) is 0 Å². The zero-order valence-corrected chi connectivity index (χ0v) is 12.9. The standard InChI is InChI=1S/C13H13BrClN3O/c1-3-9-11(14)12(16)18-13(17-9)7-4-5-10(19-2)8(15)6-7/h4-6H,3H2,1-2H3,(H2,16,17,18). The van der Waals surface area contributed by atoms with Crippen molar-refractivity contribution >= 4 is 33.3 Å². The number of ether oxygens (including phenoxy) is 1. The minimum atomic E-state index is 0.425. The van der Waals surface area contributed by atoms with Gasteiger partial charge in [-0.2, -0.15) is 0 Å². The van der Waals surface area contributed by atoms with Gasteiger partial charge in [0.1, 0.15) is 11.6 Å². The lowest BCUT2D eigenvalue weighted by Gasteiger charge is -2.09. The van der Waals surface area contributed by atoms with Crippen LogP contribution in [0.1, 0.15) is 12.6 Å². The number of halogens is 2. The van der Waals surface area contributed by atoms with Crippen molar-refractivity contribution in [2.75, 3.05) is 12.8 Å². The molecule has 2 aromatic rings. The van der Waals surface area contributed by atoms with E-state index in [0.717, 1.165) is 22.2 Å². The number of methoxy groups -OCH3 is 1. The molecule has 0 atom stereocenters. The average Bonchev–Trinajstić information content (AvgIpc) is 2.41. The van der Waals surface area contributed by atoms with E-state index < -0.39 is 0 Å². The van der Waals surface area contributed by atoms with E-state index in [9.17, 15) is 0 Å². The fourth-order valence-corrected chi connectivity index (χ4v) is 2.40. The molecule has 0 unspecified atom stereocenters. The van der Waals surface area contributed by atoms with Gasteiger partial charge in [0.25, 0.3) is 0 Å². The van der Waals surface area contributed by atoms with Gasteiger partial charge in [0.05, 0.1) is 22.3 Å². The zero-order valence-electron chi connectivity index (χ0n) is 10.6. The molecule has 100 valence electrons. The maximum atomic E-state index is 6.10. The first kappa shape index (κ1) is 14.1. The van der Waals surface area contributed by atoms with Crippen LogP contribution in [0.4, 0.5) is 5.82 Å². The molecule has 2 rings (SSSR count). The van der Waals surface area contributed by atoms with Crippen LogP contribution in [0.15, 0.2) is 22.7 Å². The summed E-state index contributed by atoms with van der Waals surface area (Å²) < 4.78 is 5.87. The molecule has 4 nitrogen and oxygen atoms in total. The summed E-state index contributed by atoms with van der Waals surface area (Å²) in [6.07, 6.45) is 0.768. The predicted octanol–water partition coefficient (Wildman–Crippen LogP) is 3.71. The number of aromatic nitrogens is 2. The summed E-state index contributed by atoms with van der Waals surface area (Å²) in [5.74, 6) is 1.60. The lowest BCUT2D eigenvalue weighted by atomic mass is 10.2. The second-order valence-electron chi connectivity index (χ2n) is 3.90. The van der Waals surface area contributed by atoms with Gasteiger partial charge in [-0.1, -0.05) is 18.5 Å². The summed E-state index contributed by atoms with van der Waals surface area (Å²) in [4.78, 5) is 8.75. The number of aryl methyl sites for hydroxylation is 1. The van der Waals surface area contributed by atoms with Gasteiger partial charge in [0.2, 0.25) is 0 Å². The lowest BCUT2D eigenvalue weighted by molar-refractivity contribution is 0.415. The van der Waals surface area contributed by atoms with Crippen molar-refractivity contribution in [1.29, 1.82) is 0 Å². The lowest BCUT2D eigenvalue weighted by Crippen LogP contribution is -2.02. The van der Waals surface area contributed by atoms with E-state index in [4.69, 9.17) is 22.1 Å². The van der Waals surface area contributed by atoms with Gasteiger partial charge < -0.3 is 10.5 Å². The molecular formula is C13H13BrClN3O. The van der Waals surface area contributed by atoms with Crippen LogP contribution in [-0.2, 0) is 6.42 Å². The fourth-order valence-electron chi connectivity index (χ4n) is 1.68. The van der Waals surface area contributed by atoms with Crippen molar-refractivity contribution < 1.29 is 4.74 Å². The van der Waals surface area contributed by atoms with Crippen LogP contribution in [0.2, 0.25) is 5.02 Å². The summed E-state index contributed by atoms with van der Waals surface area (Å²) in [5.41, 5.74) is 7.55. The Hall–Kier alpha value is -1.33. The highest BCUT2D eigenvalue weighted by atomic mass is 79.9. The Morgan fingerprint density at radius 1 is 1.37 bits per heavy atom. The maximum Gasteiger partial charge on any atom is 0.161 e. The van der Waals surface area contributed by atoms with E-state index in [1.807, 2.05) is 13.0 Å². The van der Waals surface area contributed by atoms with Crippen LogP contribution < -0.4 is 10.5 Å². The Morgan fingerprint density at radius 3 is 2.68 bits per heavy atom. The van der Waals surface area contributed by atoms with E-state index >= 15 is 0 Å². The van der Waals surface area contributed by atoms with Gasteiger partial charge in [-0.25, -0.2) is 9.97 Å². The molecule has 0 aliphatic rings.